The van der Waals surface area contributed by atoms with Crippen molar-refractivity contribution in [1.29, 1.82) is 0 Å². The minimum absolute atomic E-state index is 0.0276. The standard InChI is InChI=1S/C9H6FNO2S/c1-5-2-7(11(12)13)6-4-9(10)14-8(6)3-5/h2-4H,1H3. The van der Waals surface area contributed by atoms with Crippen LogP contribution in [0.25, 0.3) is 10.1 Å². The third kappa shape index (κ3) is 1.35. The second-order valence-electron chi connectivity index (χ2n) is 3.00. The Bertz CT molecular complexity index is 521. The summed E-state index contributed by atoms with van der Waals surface area (Å²) >= 11 is 0.927. The maximum atomic E-state index is 12.9. The number of nitro benzene ring substituents is 1. The van der Waals surface area contributed by atoms with E-state index in [1.807, 2.05) is 0 Å². The van der Waals surface area contributed by atoms with Crippen molar-refractivity contribution in [2.75, 3.05) is 0 Å². The highest BCUT2D eigenvalue weighted by atomic mass is 32.1. The molecule has 0 aliphatic rings. The van der Waals surface area contributed by atoms with E-state index in [2.05, 4.69) is 0 Å². The zero-order chi connectivity index (χ0) is 10.3. The van der Waals surface area contributed by atoms with E-state index in [9.17, 15) is 14.5 Å². The molecule has 0 unspecified atom stereocenters. The Morgan fingerprint density at radius 1 is 1.43 bits per heavy atom. The summed E-state index contributed by atoms with van der Waals surface area (Å²) in [7, 11) is 0. The number of nitrogens with zero attached hydrogens (tertiary/aromatic N) is 1. The summed E-state index contributed by atoms with van der Waals surface area (Å²) in [5, 5.41) is 10.6. The first-order valence-corrected chi connectivity index (χ1v) is 4.73. The third-order valence-corrected chi connectivity index (χ3v) is 2.80. The van der Waals surface area contributed by atoms with Gasteiger partial charge in [0.15, 0.2) is 5.13 Å². The van der Waals surface area contributed by atoms with Crippen LogP contribution in [0.4, 0.5) is 10.1 Å². The lowest BCUT2D eigenvalue weighted by molar-refractivity contribution is -0.383. The Hall–Kier alpha value is -1.49. The molecule has 0 fully saturated rings. The highest BCUT2D eigenvalue weighted by Gasteiger charge is 2.15. The van der Waals surface area contributed by atoms with Gasteiger partial charge in [0.1, 0.15) is 0 Å². The van der Waals surface area contributed by atoms with Crippen LogP contribution in [0.15, 0.2) is 18.2 Å². The average molecular weight is 211 g/mol. The summed E-state index contributed by atoms with van der Waals surface area (Å²) in [6.45, 7) is 1.75. The number of hydrogen-bond acceptors (Lipinski definition) is 3. The molecule has 2 rings (SSSR count). The van der Waals surface area contributed by atoms with Crippen molar-refractivity contribution in [3.05, 3.63) is 39.0 Å². The lowest BCUT2D eigenvalue weighted by atomic mass is 10.1. The number of halogens is 1. The molecule has 0 N–H and O–H groups in total. The Morgan fingerprint density at radius 2 is 2.14 bits per heavy atom. The Balaban J connectivity index is 2.85. The lowest BCUT2D eigenvalue weighted by Crippen LogP contribution is -1.88. The second kappa shape index (κ2) is 3.02. The van der Waals surface area contributed by atoms with Crippen molar-refractivity contribution < 1.29 is 9.31 Å². The summed E-state index contributed by atoms with van der Waals surface area (Å²) in [4.78, 5) is 10.2. The molecule has 0 atom stereocenters. The van der Waals surface area contributed by atoms with E-state index in [0.717, 1.165) is 16.9 Å². The number of non-ortho nitro benzene ring substituents is 1. The molecule has 2 aromatic rings. The first kappa shape index (κ1) is 9.08. The maximum absolute atomic E-state index is 12.9. The highest BCUT2D eigenvalue weighted by molar-refractivity contribution is 7.17. The number of nitro groups is 1. The first-order chi connectivity index (χ1) is 6.58. The number of benzene rings is 1. The van der Waals surface area contributed by atoms with Crippen LogP contribution in [-0.4, -0.2) is 4.92 Å². The van der Waals surface area contributed by atoms with Gasteiger partial charge in [0.05, 0.1) is 10.3 Å². The molecule has 0 radical (unpaired) electrons. The van der Waals surface area contributed by atoms with Crippen molar-refractivity contribution in [2.24, 2.45) is 0 Å². The van der Waals surface area contributed by atoms with Crippen LogP contribution in [0.2, 0.25) is 0 Å². The number of fused-ring (bicyclic) bond motifs is 1. The topological polar surface area (TPSA) is 43.1 Å². The second-order valence-corrected chi connectivity index (χ2v) is 4.04. The van der Waals surface area contributed by atoms with Gasteiger partial charge in [-0.25, -0.2) is 0 Å². The minimum Gasteiger partial charge on any atom is -0.258 e. The molecule has 0 saturated heterocycles. The van der Waals surface area contributed by atoms with Crippen LogP contribution in [0, 0.1) is 22.2 Å². The van der Waals surface area contributed by atoms with Gasteiger partial charge < -0.3 is 0 Å². The van der Waals surface area contributed by atoms with E-state index in [0.29, 0.717) is 10.1 Å². The van der Waals surface area contributed by atoms with Gasteiger partial charge in [-0.05, 0) is 24.6 Å². The SMILES string of the molecule is Cc1cc([N+](=O)[O-])c2cc(F)sc2c1. The summed E-state index contributed by atoms with van der Waals surface area (Å²) in [6, 6.07) is 4.40. The van der Waals surface area contributed by atoms with Crippen molar-refractivity contribution in [3.8, 4) is 0 Å². The summed E-state index contributed by atoms with van der Waals surface area (Å²) < 4.78 is 13.5. The van der Waals surface area contributed by atoms with Crippen molar-refractivity contribution in [3.63, 3.8) is 0 Å². The van der Waals surface area contributed by atoms with Crippen LogP contribution < -0.4 is 0 Å². The minimum atomic E-state index is -0.485. The van der Waals surface area contributed by atoms with Crippen LogP contribution in [-0.2, 0) is 0 Å². The quantitative estimate of drug-likeness (QED) is 0.536. The smallest absolute Gasteiger partial charge is 0.258 e. The zero-order valence-electron chi connectivity index (χ0n) is 7.28. The largest absolute Gasteiger partial charge is 0.278 e. The number of rotatable bonds is 1. The van der Waals surface area contributed by atoms with Crippen molar-refractivity contribution >= 4 is 27.1 Å². The predicted molar refractivity (Wildman–Crippen MR) is 53.2 cm³/mol. The summed E-state index contributed by atoms with van der Waals surface area (Å²) in [6.07, 6.45) is 0. The molecule has 0 amide bonds. The average Bonchev–Trinajstić information content (AvgIpc) is 2.42. The molecule has 1 aromatic heterocycles. The fourth-order valence-electron chi connectivity index (χ4n) is 1.37. The molecule has 1 aromatic carbocycles. The molecule has 0 spiro atoms. The fourth-order valence-corrected chi connectivity index (χ4v) is 2.28. The summed E-state index contributed by atoms with van der Waals surface area (Å²) in [5.41, 5.74) is 0.742. The van der Waals surface area contributed by atoms with Crippen molar-refractivity contribution in [1.82, 2.24) is 0 Å². The Kier molecular flexibility index (Phi) is 1.96. The maximum Gasteiger partial charge on any atom is 0.278 e. The predicted octanol–water partition coefficient (Wildman–Crippen LogP) is 3.26. The Morgan fingerprint density at radius 3 is 2.79 bits per heavy atom. The van der Waals surface area contributed by atoms with Gasteiger partial charge in [-0.15, -0.1) is 11.3 Å². The van der Waals surface area contributed by atoms with E-state index in [4.69, 9.17) is 0 Å². The highest BCUT2D eigenvalue weighted by Crippen LogP contribution is 2.32. The molecule has 5 heteroatoms. The molecule has 72 valence electrons. The van der Waals surface area contributed by atoms with E-state index in [1.165, 1.54) is 12.1 Å². The van der Waals surface area contributed by atoms with Crippen LogP contribution in [0.3, 0.4) is 0 Å². The van der Waals surface area contributed by atoms with Gasteiger partial charge in [-0.2, -0.15) is 4.39 Å². The van der Waals surface area contributed by atoms with E-state index in [-0.39, 0.29) is 5.69 Å². The Labute approximate surface area is 82.9 Å². The van der Waals surface area contributed by atoms with Crippen LogP contribution in [0.5, 0.6) is 0 Å². The van der Waals surface area contributed by atoms with Gasteiger partial charge >= 0.3 is 0 Å². The molecule has 14 heavy (non-hydrogen) atoms. The molecule has 3 nitrogen and oxygen atoms in total. The first-order valence-electron chi connectivity index (χ1n) is 3.92. The van der Waals surface area contributed by atoms with Gasteiger partial charge in [-0.1, -0.05) is 0 Å². The molecule has 0 bridgehead atoms. The van der Waals surface area contributed by atoms with Gasteiger partial charge in [0, 0.05) is 10.8 Å². The molecule has 0 saturated carbocycles. The zero-order valence-corrected chi connectivity index (χ0v) is 8.10. The summed E-state index contributed by atoms with van der Waals surface area (Å²) in [5.74, 6) is 0. The molecule has 1 heterocycles. The molecular formula is C9H6FNO2S. The van der Waals surface area contributed by atoms with Gasteiger partial charge in [0.2, 0.25) is 0 Å². The van der Waals surface area contributed by atoms with E-state index < -0.39 is 10.1 Å². The third-order valence-electron chi connectivity index (χ3n) is 1.93. The van der Waals surface area contributed by atoms with Gasteiger partial charge in [-0.3, -0.25) is 10.1 Å². The van der Waals surface area contributed by atoms with Crippen LogP contribution >= 0.6 is 11.3 Å². The normalized spacial score (nSPS) is 10.7. The van der Waals surface area contributed by atoms with Crippen molar-refractivity contribution in [2.45, 2.75) is 6.92 Å². The number of aryl methyl sites for hydroxylation is 1. The van der Waals surface area contributed by atoms with Crippen LogP contribution in [0.1, 0.15) is 5.56 Å². The molecule has 0 aliphatic heterocycles. The number of thiophene rings is 1. The van der Waals surface area contributed by atoms with Gasteiger partial charge in [0.25, 0.3) is 5.69 Å². The monoisotopic (exact) mass is 211 g/mol. The van der Waals surface area contributed by atoms with E-state index >= 15 is 0 Å². The molecular weight excluding hydrogens is 205 g/mol. The van der Waals surface area contributed by atoms with E-state index in [1.54, 1.807) is 13.0 Å². The number of hydrogen-bond donors (Lipinski definition) is 0. The molecule has 0 aliphatic carbocycles. The fraction of sp³-hybridized carbons (Fsp3) is 0.111. The lowest BCUT2D eigenvalue weighted by Gasteiger charge is -1.95.